The molecule has 1 atom stereocenters. The van der Waals surface area contributed by atoms with E-state index >= 15 is 0 Å². The van der Waals surface area contributed by atoms with E-state index in [1.165, 1.54) is 19.1 Å². The third-order valence-corrected chi connectivity index (χ3v) is 4.58. The molecule has 1 unspecified atom stereocenters. The smallest absolute Gasteiger partial charge is 0.475 e. The Morgan fingerprint density at radius 1 is 1.21 bits per heavy atom. The Hall–Kier alpha value is -3.26. The Bertz CT molecular complexity index is 956. The van der Waals surface area contributed by atoms with Gasteiger partial charge < -0.3 is 28.7 Å². The van der Waals surface area contributed by atoms with Crippen molar-refractivity contribution in [3.63, 3.8) is 0 Å². The molecule has 0 saturated carbocycles. The molecule has 1 aliphatic rings. The Balaban J connectivity index is 1.87. The fourth-order valence-corrected chi connectivity index (χ4v) is 3.06. The highest BCUT2D eigenvalue weighted by molar-refractivity contribution is 6.30. The number of alkyl halides is 3. The lowest BCUT2D eigenvalue weighted by atomic mass is 9.99. The number of likely N-dealkylation sites (N-methyl/N-ethyl adjacent to an activating group) is 1. The van der Waals surface area contributed by atoms with Crippen LogP contribution in [0.1, 0.15) is 11.1 Å². The molecule has 0 N–H and O–H groups in total. The van der Waals surface area contributed by atoms with Crippen LogP contribution >= 0.6 is 11.6 Å². The second-order valence-electron chi connectivity index (χ2n) is 6.93. The third kappa shape index (κ3) is 7.95. The van der Waals surface area contributed by atoms with Gasteiger partial charge in [0.2, 0.25) is 12.9 Å². The van der Waals surface area contributed by atoms with Gasteiger partial charge in [-0.05, 0) is 37.7 Å². The second kappa shape index (κ2) is 11.7. The number of hydrogen-bond donors (Lipinski definition) is 0. The van der Waals surface area contributed by atoms with Gasteiger partial charge in [0.15, 0.2) is 0 Å². The Kier molecular flexibility index (Phi) is 9.32. The highest BCUT2D eigenvalue weighted by atomic mass is 35.5. The normalized spacial score (nSPS) is 15.0. The van der Waals surface area contributed by atoms with Crippen LogP contribution in [0.15, 0.2) is 17.7 Å². The summed E-state index contributed by atoms with van der Waals surface area (Å²) >= 11 is 5.92. The molecule has 15 heteroatoms. The first-order valence-corrected chi connectivity index (χ1v) is 9.94. The summed E-state index contributed by atoms with van der Waals surface area (Å²) in [6.07, 6.45) is -7.80. The number of carbonyl (C=O) groups excluding carboxylic acids is 2. The lowest BCUT2D eigenvalue weighted by Crippen LogP contribution is -2.41. The van der Waals surface area contributed by atoms with Crippen molar-refractivity contribution in [1.82, 2.24) is 4.90 Å². The van der Waals surface area contributed by atoms with Gasteiger partial charge in [0, 0.05) is 23.7 Å². The van der Waals surface area contributed by atoms with Crippen molar-refractivity contribution in [2.45, 2.75) is 19.2 Å². The zero-order valence-electron chi connectivity index (χ0n) is 17.9. The highest BCUT2D eigenvalue weighted by Crippen LogP contribution is 2.40. The third-order valence-electron chi connectivity index (χ3n) is 4.36. The molecule has 0 spiro atoms. The average Bonchev–Trinajstić information content (AvgIpc) is 2.71. The first kappa shape index (κ1) is 27.0. The van der Waals surface area contributed by atoms with Crippen molar-refractivity contribution < 1.29 is 51.6 Å². The van der Waals surface area contributed by atoms with Crippen molar-refractivity contribution in [3.05, 3.63) is 44.0 Å². The van der Waals surface area contributed by atoms with Gasteiger partial charge in [0.1, 0.15) is 19.0 Å². The molecular weight excluding hydrogens is 493 g/mol. The minimum Gasteiger partial charge on any atom is -0.475 e. The van der Waals surface area contributed by atoms with Crippen molar-refractivity contribution in [1.29, 1.82) is 0 Å². The van der Waals surface area contributed by atoms with Gasteiger partial charge in [0.25, 0.3) is 5.09 Å². The van der Waals surface area contributed by atoms with Gasteiger partial charge in [-0.3, -0.25) is 0 Å². The Morgan fingerprint density at radius 2 is 1.88 bits per heavy atom. The molecule has 0 aromatic heterocycles. The monoisotopic (exact) mass is 512 g/mol. The number of benzene rings is 1. The quantitative estimate of drug-likeness (QED) is 0.200. The Labute approximate surface area is 196 Å². The molecule has 0 radical (unpaired) electrons. The number of nitrogens with zero attached hydrogens (tertiary/aromatic N) is 2. The molecule has 1 aromatic carbocycles. The fraction of sp³-hybridized carbons (Fsp3) is 0.474. The molecule has 0 bridgehead atoms. The lowest BCUT2D eigenvalue weighted by Gasteiger charge is -2.28. The molecule has 1 heterocycles. The predicted octanol–water partition coefficient (Wildman–Crippen LogP) is 3.15. The molecule has 0 saturated heterocycles. The van der Waals surface area contributed by atoms with Crippen molar-refractivity contribution in [2.75, 3.05) is 40.1 Å². The number of rotatable bonds is 10. The van der Waals surface area contributed by atoms with E-state index in [9.17, 15) is 32.9 Å². The first-order chi connectivity index (χ1) is 15.9. The molecule has 34 heavy (non-hydrogen) atoms. The second-order valence-corrected chi connectivity index (χ2v) is 7.37. The zero-order chi connectivity index (χ0) is 25.5. The van der Waals surface area contributed by atoms with E-state index in [-0.39, 0.29) is 42.6 Å². The van der Waals surface area contributed by atoms with Crippen LogP contribution < -0.4 is 4.74 Å². The largest absolute Gasteiger partial charge is 0.511 e. The minimum absolute atomic E-state index is 0.0713. The van der Waals surface area contributed by atoms with E-state index in [4.69, 9.17) is 21.1 Å². The summed E-state index contributed by atoms with van der Waals surface area (Å²) in [5, 5.41) is 9.35. The molecule has 0 aliphatic carbocycles. The van der Waals surface area contributed by atoms with Gasteiger partial charge in [-0.1, -0.05) is 11.6 Å². The first-order valence-electron chi connectivity index (χ1n) is 9.56. The van der Waals surface area contributed by atoms with Crippen LogP contribution in [-0.2, 0) is 23.8 Å². The Morgan fingerprint density at radius 3 is 2.53 bits per heavy atom. The van der Waals surface area contributed by atoms with Crippen LogP contribution in [0.25, 0.3) is 6.08 Å². The average molecular weight is 513 g/mol. The number of halogens is 4. The van der Waals surface area contributed by atoms with E-state index in [0.29, 0.717) is 5.56 Å². The highest BCUT2D eigenvalue weighted by Gasteiger charge is 2.49. The SMILES string of the molecule is Cc1cc(Cl)cc2c1OC(C(F)(F)F)C(C(=O)OCOC(=O)OCCN(C)CCO[N+](=O)[O-])=C2. The van der Waals surface area contributed by atoms with Crippen LogP contribution in [0.4, 0.5) is 18.0 Å². The van der Waals surface area contributed by atoms with E-state index < -0.39 is 41.9 Å². The fourth-order valence-electron chi connectivity index (χ4n) is 2.78. The van der Waals surface area contributed by atoms with Crippen LogP contribution in [0.5, 0.6) is 5.75 Å². The van der Waals surface area contributed by atoms with Crippen molar-refractivity contribution >= 4 is 29.8 Å². The number of esters is 1. The summed E-state index contributed by atoms with van der Waals surface area (Å²) in [5.41, 5.74) is -0.342. The number of ether oxygens (including phenoxy) is 4. The maximum atomic E-state index is 13.5. The predicted molar refractivity (Wildman–Crippen MR) is 108 cm³/mol. The van der Waals surface area contributed by atoms with Gasteiger partial charge in [-0.15, -0.1) is 10.1 Å². The number of aryl methyl sites for hydroxylation is 1. The lowest BCUT2D eigenvalue weighted by molar-refractivity contribution is -0.757. The molecule has 0 fully saturated rings. The van der Waals surface area contributed by atoms with Gasteiger partial charge in [-0.25, -0.2) is 9.59 Å². The summed E-state index contributed by atoms with van der Waals surface area (Å²) in [5.74, 6) is -1.48. The molecule has 0 amide bonds. The molecule has 1 aromatic rings. The zero-order valence-corrected chi connectivity index (χ0v) is 18.7. The number of carbonyl (C=O) groups is 2. The van der Waals surface area contributed by atoms with Crippen LogP contribution in [0.3, 0.4) is 0 Å². The molecule has 11 nitrogen and oxygen atoms in total. The summed E-state index contributed by atoms with van der Waals surface area (Å²) < 4.78 is 59.3. The summed E-state index contributed by atoms with van der Waals surface area (Å²) in [4.78, 5) is 39.6. The molecular formula is C19H20ClF3N2O9. The maximum absolute atomic E-state index is 13.5. The van der Waals surface area contributed by atoms with E-state index in [0.717, 1.165) is 6.08 Å². The van der Waals surface area contributed by atoms with Gasteiger partial charge in [0.05, 0.1) is 5.57 Å². The van der Waals surface area contributed by atoms with Crippen molar-refractivity contribution in [3.8, 4) is 5.75 Å². The standard InChI is InChI=1S/C19H20ClF3N2O9/c1-11-7-13(20)8-12-9-14(16(19(21,22)23)34-15(11)12)17(26)31-10-32-18(27)30-5-3-24(2)4-6-33-25(28)29/h7-9,16H,3-6,10H2,1-2H3. The topological polar surface area (TPSA) is 127 Å². The van der Waals surface area contributed by atoms with Gasteiger partial charge in [-0.2, -0.15) is 13.2 Å². The number of fused-ring (bicyclic) bond motifs is 1. The maximum Gasteiger partial charge on any atom is 0.511 e. The molecule has 2 rings (SSSR count). The van der Waals surface area contributed by atoms with Gasteiger partial charge >= 0.3 is 18.3 Å². The van der Waals surface area contributed by atoms with Crippen LogP contribution in [0.2, 0.25) is 5.02 Å². The van der Waals surface area contributed by atoms with Crippen LogP contribution in [0, 0.1) is 17.0 Å². The van der Waals surface area contributed by atoms with E-state index in [2.05, 4.69) is 14.3 Å². The van der Waals surface area contributed by atoms with E-state index in [1.807, 2.05) is 0 Å². The molecule has 188 valence electrons. The number of hydrogen-bond acceptors (Lipinski definition) is 10. The van der Waals surface area contributed by atoms with E-state index in [1.54, 1.807) is 11.9 Å². The van der Waals surface area contributed by atoms with Crippen molar-refractivity contribution in [2.24, 2.45) is 0 Å². The summed E-state index contributed by atoms with van der Waals surface area (Å²) in [6, 6.07) is 2.75. The summed E-state index contributed by atoms with van der Waals surface area (Å²) in [6.45, 7) is 0.504. The minimum atomic E-state index is -4.93. The molecule has 1 aliphatic heterocycles. The summed E-state index contributed by atoms with van der Waals surface area (Å²) in [7, 11) is 1.59. The van der Waals surface area contributed by atoms with Crippen LogP contribution in [-0.4, -0.2) is 74.5 Å².